The van der Waals surface area contributed by atoms with Gasteiger partial charge in [-0.2, -0.15) is 0 Å². The fourth-order valence-corrected chi connectivity index (χ4v) is 43.0. The Balaban J connectivity index is 0.000000187. The zero-order chi connectivity index (χ0) is 57.7. The van der Waals surface area contributed by atoms with Crippen molar-refractivity contribution in [3.8, 4) is 0 Å². The molecule has 0 aromatic heterocycles. The maximum Gasteiger partial charge on any atom is 2.00 e. The average molecular weight is 1270 g/mol. The minimum Gasteiger partial charge on any atom is 2.00 e. The Morgan fingerprint density at radius 3 is 0.341 bits per heavy atom. The summed E-state index contributed by atoms with van der Waals surface area (Å²) in [5.41, 5.74) is 0. The van der Waals surface area contributed by atoms with E-state index in [0.717, 1.165) is 63.7 Å². The van der Waals surface area contributed by atoms with Crippen molar-refractivity contribution in [1.82, 2.24) is 0 Å². The maximum absolute atomic E-state index is 14.4. The van der Waals surface area contributed by atoms with Crippen molar-refractivity contribution in [2.45, 2.75) is 10.8 Å². The number of aliphatic carboxylic acids is 2. The molecule has 12 aromatic carbocycles. The molecular weight excluding hydrogens is 1210 g/mol. The summed E-state index contributed by atoms with van der Waals surface area (Å²) < 4.78 is 0. The predicted octanol–water partition coefficient (Wildman–Crippen LogP) is 9.03. The average Bonchev–Trinajstić information content (AvgIpc) is 1.95. The van der Waals surface area contributed by atoms with Crippen molar-refractivity contribution in [2.75, 3.05) is 0 Å². The first kappa shape index (κ1) is 60.1. The number of benzene rings is 12. The molecule has 0 unspecified atom stereocenters. The molecule has 0 saturated heterocycles. The van der Waals surface area contributed by atoms with Gasteiger partial charge in [-0.1, -0.05) is 0 Å². The summed E-state index contributed by atoms with van der Waals surface area (Å²) in [5.74, 6) is -2.03. The smallest absolute Gasteiger partial charge is 2.00 e. The van der Waals surface area contributed by atoms with Crippen LogP contribution in [0, 0.1) is 0 Å². The van der Waals surface area contributed by atoms with Gasteiger partial charge in [0.15, 0.2) is 0 Å². The largest absolute Gasteiger partial charge is 2.00 e. The Hall–Kier alpha value is -8.04. The van der Waals surface area contributed by atoms with E-state index in [1.54, 1.807) is 0 Å². The molecule has 0 radical (unpaired) electrons. The zero-order valence-electron chi connectivity index (χ0n) is 46.7. The number of carbonyl (C=O) groups is 2. The van der Waals surface area contributed by atoms with E-state index in [2.05, 4.69) is 146 Å². The molecule has 0 fully saturated rings. The van der Waals surface area contributed by atoms with Crippen LogP contribution in [0.5, 0.6) is 0 Å². The quantitative estimate of drug-likeness (QED) is 0.0635. The van der Waals surface area contributed by atoms with Crippen molar-refractivity contribution in [2.24, 2.45) is 0 Å². The van der Waals surface area contributed by atoms with E-state index >= 15 is 0 Å². The third-order valence-corrected chi connectivity index (χ3v) is 41.5. The normalized spacial score (nSPS) is 13.0. The SMILES string of the molecule is O=C([O-])C([PH](c1ccccc1)(c1ccccc1)c1ccccc1)[PH](c1ccccc1)(c1ccccc1)c1ccccc1.O=C([O-])C([PH](c1ccccc1)(c1ccccc1)c1ccccc1)[PH](c1ccccc1)(c1ccccc1)c1ccccc1.[Pd+2]. The van der Waals surface area contributed by atoms with Crippen LogP contribution < -0.4 is 73.9 Å². The minimum absolute atomic E-state index is 0. The van der Waals surface area contributed by atoms with Gasteiger partial charge in [0.2, 0.25) is 0 Å². The predicted molar refractivity (Wildman–Crippen MR) is 364 cm³/mol. The summed E-state index contributed by atoms with van der Waals surface area (Å²) in [6.45, 7) is 0. The van der Waals surface area contributed by atoms with Gasteiger partial charge in [-0.25, -0.2) is 0 Å². The van der Waals surface area contributed by atoms with Gasteiger partial charge in [-0.05, 0) is 0 Å². The summed E-state index contributed by atoms with van der Waals surface area (Å²) in [5, 5.41) is 39.7. The summed E-state index contributed by atoms with van der Waals surface area (Å²) >= 11 is 0. The van der Waals surface area contributed by atoms with E-state index in [0.29, 0.717) is 0 Å². The van der Waals surface area contributed by atoms with E-state index < -0.39 is 51.8 Å². The van der Waals surface area contributed by atoms with Crippen molar-refractivity contribution < 1.29 is 40.2 Å². The fraction of sp³-hybridized carbons (Fsp3) is 0.0263. The maximum atomic E-state index is 14.4. The first-order valence-electron chi connectivity index (χ1n) is 28.5. The molecule has 0 aliphatic heterocycles. The Bertz CT molecular complexity index is 3090. The number of hydrogen-bond donors (Lipinski definition) is 0. The van der Waals surface area contributed by atoms with Crippen LogP contribution in [0.25, 0.3) is 0 Å². The van der Waals surface area contributed by atoms with Gasteiger partial charge in [0.25, 0.3) is 0 Å². The van der Waals surface area contributed by atoms with Gasteiger partial charge in [0, 0.05) is 0 Å². The molecule has 0 aliphatic carbocycles. The molecule has 4 nitrogen and oxygen atoms in total. The molecule has 424 valence electrons. The second-order valence-corrected chi connectivity index (χ2v) is 38.0. The van der Waals surface area contributed by atoms with Crippen molar-refractivity contribution in [1.29, 1.82) is 0 Å². The van der Waals surface area contributed by atoms with Crippen LogP contribution in [0.2, 0.25) is 0 Å². The fourth-order valence-electron chi connectivity index (χ4n) is 13.8. The molecule has 12 rings (SSSR count). The molecule has 0 heterocycles. The molecule has 0 aliphatic rings. The van der Waals surface area contributed by atoms with Crippen LogP contribution in [0.3, 0.4) is 0 Å². The second-order valence-electron chi connectivity index (χ2n) is 21.1. The van der Waals surface area contributed by atoms with Crippen LogP contribution in [-0.2, 0) is 30.0 Å². The van der Waals surface area contributed by atoms with E-state index in [-0.39, 0.29) is 20.4 Å². The van der Waals surface area contributed by atoms with E-state index in [1.165, 1.54) is 0 Å². The summed E-state index contributed by atoms with van der Waals surface area (Å²) in [6.07, 6.45) is 0. The van der Waals surface area contributed by atoms with E-state index in [1.807, 2.05) is 218 Å². The van der Waals surface area contributed by atoms with Crippen LogP contribution >= 0.6 is 29.0 Å². The van der Waals surface area contributed by atoms with Crippen LogP contribution in [0.1, 0.15) is 0 Å². The minimum atomic E-state index is -3.40. The second kappa shape index (κ2) is 27.8. The molecular formula is C76H66O4P4Pd. The summed E-state index contributed by atoms with van der Waals surface area (Å²) in [4.78, 5) is 28.8. The van der Waals surface area contributed by atoms with Gasteiger partial charge >= 0.3 is 520 Å². The molecule has 0 amide bonds. The third kappa shape index (κ3) is 11.3. The topological polar surface area (TPSA) is 80.3 Å². The first-order valence-corrected chi connectivity index (χ1v) is 36.8. The molecule has 0 spiro atoms. The molecule has 85 heavy (non-hydrogen) atoms. The number of carbonyl (C=O) groups excluding carboxylic acids is 2. The molecule has 12 aromatic rings. The van der Waals surface area contributed by atoms with Crippen molar-refractivity contribution >= 4 is 105 Å². The number of carboxylic acid groups (broad SMARTS) is 2. The summed E-state index contributed by atoms with van der Waals surface area (Å²) in [6, 6.07) is 124. The zero-order valence-corrected chi connectivity index (χ0v) is 52.3. The molecule has 0 atom stereocenters. The molecule has 9 heteroatoms. The van der Waals surface area contributed by atoms with Crippen LogP contribution in [0.15, 0.2) is 364 Å². The Kier molecular flexibility index (Phi) is 19.6. The van der Waals surface area contributed by atoms with Crippen LogP contribution in [-0.4, -0.2) is 22.7 Å². The van der Waals surface area contributed by atoms with Crippen molar-refractivity contribution in [3.05, 3.63) is 364 Å². The Morgan fingerprint density at radius 1 is 0.188 bits per heavy atom. The molecule has 0 N–H and O–H groups in total. The summed E-state index contributed by atoms with van der Waals surface area (Å²) in [7, 11) is -13.6. The standard InChI is InChI=1S/2C38H34O2P2.Pd/c2*39-37(40)38(41(31-19-7-1-8-20-31,32-21-9-2-10-22-32)33-23-11-3-12-24-33)42(34-25-13-4-14-26-34,35-27-15-5-16-28-35)36-29-17-6-18-30-36;/h2*1-30,38,41-42H,(H,39,40);/q;;+2/p-2. The Labute approximate surface area is 516 Å². The number of rotatable bonds is 18. The number of hydrogen-bond acceptors (Lipinski definition) is 4. The monoisotopic (exact) mass is 1270 g/mol. The van der Waals surface area contributed by atoms with E-state index in [4.69, 9.17) is 0 Å². The van der Waals surface area contributed by atoms with Gasteiger partial charge in [-0.15, -0.1) is 0 Å². The van der Waals surface area contributed by atoms with Gasteiger partial charge in [0.1, 0.15) is 0 Å². The molecule has 0 bridgehead atoms. The first-order chi connectivity index (χ1) is 41.4. The molecule has 0 saturated carbocycles. The van der Waals surface area contributed by atoms with E-state index in [9.17, 15) is 19.8 Å². The van der Waals surface area contributed by atoms with Crippen LogP contribution in [0.4, 0.5) is 0 Å². The number of carboxylic acids is 2. The Morgan fingerprint density at radius 2 is 0.271 bits per heavy atom. The van der Waals surface area contributed by atoms with Gasteiger partial charge in [-0.3, -0.25) is 0 Å². The van der Waals surface area contributed by atoms with Crippen molar-refractivity contribution in [3.63, 3.8) is 0 Å². The van der Waals surface area contributed by atoms with Gasteiger partial charge < -0.3 is 0 Å². The van der Waals surface area contributed by atoms with Gasteiger partial charge in [0.05, 0.1) is 0 Å². The third-order valence-electron chi connectivity index (χ3n) is 17.0.